The first-order chi connectivity index (χ1) is 8.31. The Morgan fingerprint density at radius 2 is 1.94 bits per heavy atom. The molecule has 0 aliphatic carbocycles. The molecule has 1 atom stereocenters. The van der Waals surface area contributed by atoms with E-state index in [1.165, 1.54) is 0 Å². The summed E-state index contributed by atoms with van der Waals surface area (Å²) in [7, 11) is 0. The van der Waals surface area contributed by atoms with Gasteiger partial charge >= 0.3 is 0 Å². The van der Waals surface area contributed by atoms with Crippen LogP contribution in [0.3, 0.4) is 0 Å². The van der Waals surface area contributed by atoms with Crippen LogP contribution in [0.25, 0.3) is 0 Å². The van der Waals surface area contributed by atoms with Gasteiger partial charge in [-0.1, -0.05) is 12.1 Å². The molecule has 0 saturated heterocycles. The number of hydrogen-bond acceptors (Lipinski definition) is 2. The maximum Gasteiger partial charge on any atom is 0.252 e. The van der Waals surface area contributed by atoms with Crippen molar-refractivity contribution in [1.82, 2.24) is 4.57 Å². The summed E-state index contributed by atoms with van der Waals surface area (Å²) in [6.07, 6.45) is 4.43. The van der Waals surface area contributed by atoms with Crippen molar-refractivity contribution in [2.24, 2.45) is 0 Å². The molecule has 1 unspecified atom stereocenters. The molecule has 1 amide bonds. The van der Waals surface area contributed by atoms with Gasteiger partial charge in [0.15, 0.2) is 0 Å². The van der Waals surface area contributed by atoms with Crippen LogP contribution in [0.1, 0.15) is 22.0 Å². The summed E-state index contributed by atoms with van der Waals surface area (Å²) in [5.41, 5.74) is 2.03. The fourth-order valence-electron chi connectivity index (χ4n) is 2.24. The molecular formula is C13H10N2O2. The van der Waals surface area contributed by atoms with E-state index in [9.17, 15) is 9.59 Å². The molecule has 1 aromatic heterocycles. The Labute approximate surface area is 97.9 Å². The van der Waals surface area contributed by atoms with Crippen LogP contribution in [0.15, 0.2) is 42.7 Å². The van der Waals surface area contributed by atoms with Crippen LogP contribution < -0.4 is 5.32 Å². The number of aromatic nitrogens is 1. The van der Waals surface area contributed by atoms with Gasteiger partial charge in [0, 0.05) is 29.2 Å². The van der Waals surface area contributed by atoms with E-state index < -0.39 is 6.04 Å². The van der Waals surface area contributed by atoms with Crippen LogP contribution in [0.2, 0.25) is 0 Å². The van der Waals surface area contributed by atoms with Crippen molar-refractivity contribution in [2.45, 2.75) is 6.04 Å². The summed E-state index contributed by atoms with van der Waals surface area (Å²) in [6, 6.07) is 8.57. The zero-order valence-corrected chi connectivity index (χ0v) is 8.96. The molecule has 1 aliphatic rings. The highest BCUT2D eigenvalue weighted by Gasteiger charge is 2.33. The predicted molar refractivity (Wildman–Crippen MR) is 63.0 cm³/mol. The fraction of sp³-hybridized carbons (Fsp3) is 0.0769. The van der Waals surface area contributed by atoms with E-state index >= 15 is 0 Å². The topological polar surface area (TPSA) is 51.1 Å². The molecule has 4 nitrogen and oxygen atoms in total. The van der Waals surface area contributed by atoms with E-state index in [1.807, 2.05) is 30.6 Å². The Morgan fingerprint density at radius 3 is 2.65 bits per heavy atom. The first kappa shape index (κ1) is 9.84. The second-order valence-electron chi connectivity index (χ2n) is 3.95. The second-order valence-corrected chi connectivity index (χ2v) is 3.95. The molecule has 3 rings (SSSR count). The van der Waals surface area contributed by atoms with E-state index in [0.717, 1.165) is 17.5 Å². The minimum absolute atomic E-state index is 0.106. The summed E-state index contributed by atoms with van der Waals surface area (Å²) >= 11 is 0. The molecule has 84 valence electrons. The number of nitrogens with zero attached hydrogens (tertiary/aromatic N) is 1. The van der Waals surface area contributed by atoms with Crippen molar-refractivity contribution in [3.8, 4) is 0 Å². The molecule has 1 aliphatic heterocycles. The van der Waals surface area contributed by atoms with Gasteiger partial charge in [-0.25, -0.2) is 0 Å². The molecule has 0 spiro atoms. The van der Waals surface area contributed by atoms with E-state index in [2.05, 4.69) is 5.32 Å². The van der Waals surface area contributed by atoms with Gasteiger partial charge in [-0.2, -0.15) is 0 Å². The van der Waals surface area contributed by atoms with Gasteiger partial charge in [0.2, 0.25) is 0 Å². The van der Waals surface area contributed by atoms with E-state index in [0.29, 0.717) is 5.56 Å². The van der Waals surface area contributed by atoms with Crippen molar-refractivity contribution < 1.29 is 9.59 Å². The molecule has 0 bridgehead atoms. The molecule has 2 heterocycles. The Balaban J connectivity index is 2.21. The quantitative estimate of drug-likeness (QED) is 0.794. The highest BCUT2D eigenvalue weighted by atomic mass is 16.2. The van der Waals surface area contributed by atoms with Crippen LogP contribution in [0.5, 0.6) is 0 Å². The van der Waals surface area contributed by atoms with E-state index in [4.69, 9.17) is 0 Å². The lowest BCUT2D eigenvalue weighted by atomic mass is 10.0. The first-order valence-corrected chi connectivity index (χ1v) is 5.32. The number of nitrogens with one attached hydrogen (secondary N) is 1. The maximum atomic E-state index is 11.9. The third-order valence-corrected chi connectivity index (χ3v) is 2.97. The largest absolute Gasteiger partial charge is 0.338 e. The van der Waals surface area contributed by atoms with E-state index in [-0.39, 0.29) is 5.91 Å². The highest BCUT2D eigenvalue weighted by molar-refractivity contribution is 6.05. The lowest BCUT2D eigenvalue weighted by Crippen LogP contribution is -2.18. The average Bonchev–Trinajstić information content (AvgIpc) is 2.93. The zero-order valence-electron chi connectivity index (χ0n) is 8.96. The minimum atomic E-state index is -0.443. The van der Waals surface area contributed by atoms with Gasteiger partial charge in [-0.05, 0) is 18.2 Å². The van der Waals surface area contributed by atoms with Gasteiger partial charge in [0.1, 0.15) is 12.3 Å². The normalized spacial score (nSPS) is 17.6. The minimum Gasteiger partial charge on any atom is -0.338 e. The lowest BCUT2D eigenvalue weighted by molar-refractivity contribution is -0.117. The van der Waals surface area contributed by atoms with Crippen molar-refractivity contribution in [1.29, 1.82) is 0 Å². The molecule has 17 heavy (non-hydrogen) atoms. The van der Waals surface area contributed by atoms with Crippen LogP contribution in [0.4, 0.5) is 5.69 Å². The van der Waals surface area contributed by atoms with Crippen LogP contribution in [0, 0.1) is 0 Å². The van der Waals surface area contributed by atoms with Gasteiger partial charge < -0.3 is 9.88 Å². The SMILES string of the molecule is O=Cc1cccc2c1C(n1cccc1)C(=O)N2. The predicted octanol–water partition coefficient (Wildman–Crippen LogP) is 1.84. The number of hydrogen-bond donors (Lipinski definition) is 1. The summed E-state index contributed by atoms with van der Waals surface area (Å²) < 4.78 is 1.80. The van der Waals surface area contributed by atoms with Crippen molar-refractivity contribution in [3.05, 3.63) is 53.9 Å². The number of carbonyl (C=O) groups is 2. The zero-order chi connectivity index (χ0) is 11.8. The number of carbonyl (C=O) groups excluding carboxylic acids is 2. The molecule has 1 N–H and O–H groups in total. The Kier molecular flexibility index (Phi) is 2.08. The van der Waals surface area contributed by atoms with E-state index in [1.54, 1.807) is 16.7 Å². The molecular weight excluding hydrogens is 216 g/mol. The third kappa shape index (κ3) is 1.38. The summed E-state index contributed by atoms with van der Waals surface area (Å²) in [6.45, 7) is 0. The summed E-state index contributed by atoms with van der Waals surface area (Å²) in [5.74, 6) is -0.106. The molecule has 4 heteroatoms. The van der Waals surface area contributed by atoms with Crippen molar-refractivity contribution in [3.63, 3.8) is 0 Å². The van der Waals surface area contributed by atoms with Gasteiger partial charge in [0.25, 0.3) is 5.91 Å². The fourth-order valence-corrected chi connectivity index (χ4v) is 2.24. The Hall–Kier alpha value is -2.36. The van der Waals surface area contributed by atoms with Gasteiger partial charge in [-0.15, -0.1) is 0 Å². The summed E-state index contributed by atoms with van der Waals surface area (Å²) in [4.78, 5) is 23.0. The monoisotopic (exact) mass is 226 g/mol. The van der Waals surface area contributed by atoms with Crippen LogP contribution in [-0.4, -0.2) is 16.8 Å². The maximum absolute atomic E-state index is 11.9. The molecule has 0 saturated carbocycles. The highest BCUT2D eigenvalue weighted by Crippen LogP contribution is 2.35. The number of aldehydes is 1. The summed E-state index contributed by atoms with van der Waals surface area (Å²) in [5, 5.41) is 2.79. The third-order valence-electron chi connectivity index (χ3n) is 2.97. The average molecular weight is 226 g/mol. The number of anilines is 1. The smallest absolute Gasteiger partial charge is 0.252 e. The number of benzene rings is 1. The van der Waals surface area contributed by atoms with Crippen molar-refractivity contribution in [2.75, 3.05) is 5.32 Å². The molecule has 0 fully saturated rings. The standard InChI is InChI=1S/C13H10N2O2/c16-8-9-4-3-5-10-11(9)12(13(17)14-10)15-6-1-2-7-15/h1-8,12H,(H,14,17). The lowest BCUT2D eigenvalue weighted by Gasteiger charge is -2.12. The first-order valence-electron chi connectivity index (χ1n) is 5.32. The number of amides is 1. The molecule has 2 aromatic rings. The molecule has 0 radical (unpaired) electrons. The van der Waals surface area contributed by atoms with Crippen LogP contribution in [-0.2, 0) is 4.79 Å². The van der Waals surface area contributed by atoms with Crippen LogP contribution >= 0.6 is 0 Å². The Morgan fingerprint density at radius 1 is 1.18 bits per heavy atom. The number of fused-ring (bicyclic) bond motifs is 1. The molecule has 1 aromatic carbocycles. The second kappa shape index (κ2) is 3.59. The van der Waals surface area contributed by atoms with Crippen molar-refractivity contribution >= 4 is 17.9 Å². The number of rotatable bonds is 2. The van der Waals surface area contributed by atoms with Gasteiger partial charge in [-0.3, -0.25) is 9.59 Å². The Bertz CT molecular complexity index is 587. The van der Waals surface area contributed by atoms with Gasteiger partial charge in [0.05, 0.1) is 0 Å².